The molecule has 4 aromatic rings. The second-order valence-corrected chi connectivity index (χ2v) is 8.09. The number of rotatable bonds is 5. The number of fused-ring (bicyclic) bond motifs is 1. The first-order valence-electron chi connectivity index (χ1n) is 10.3. The molecule has 0 unspecified atom stereocenters. The highest BCUT2D eigenvalue weighted by atomic mass is 19.1. The molecule has 0 fully saturated rings. The number of aryl methyl sites for hydroxylation is 1. The maximum absolute atomic E-state index is 14.7. The smallest absolute Gasteiger partial charge is 0.133 e. The largest absolute Gasteiger partial charge is 0.489 e. The summed E-state index contributed by atoms with van der Waals surface area (Å²) >= 11 is 0. The molecule has 5 rings (SSSR count). The second kappa shape index (κ2) is 7.67. The predicted octanol–water partition coefficient (Wildman–Crippen LogP) is 5.14. The Morgan fingerprint density at radius 1 is 1.10 bits per heavy atom. The summed E-state index contributed by atoms with van der Waals surface area (Å²) in [5, 5.41) is 11.7. The summed E-state index contributed by atoms with van der Waals surface area (Å²) < 4.78 is 22.4. The topological polar surface area (TPSA) is 47.3 Å². The van der Waals surface area contributed by atoms with Gasteiger partial charge in [0.25, 0.3) is 0 Å². The minimum atomic E-state index is -1.25. The van der Waals surface area contributed by atoms with E-state index in [-0.39, 0.29) is 11.9 Å². The lowest BCUT2D eigenvalue weighted by Gasteiger charge is -2.23. The van der Waals surface area contributed by atoms with Crippen LogP contribution >= 0.6 is 0 Å². The van der Waals surface area contributed by atoms with Gasteiger partial charge in [0, 0.05) is 12.0 Å². The lowest BCUT2D eigenvalue weighted by atomic mass is 9.86. The van der Waals surface area contributed by atoms with Gasteiger partial charge in [-0.3, -0.25) is 0 Å². The molecule has 1 aliphatic heterocycles. The van der Waals surface area contributed by atoms with E-state index in [1.165, 1.54) is 6.07 Å². The number of nitrogens with zero attached hydrogens (tertiary/aromatic N) is 2. The standard InChI is InChI=1S/C26H23FN2O2/c1-18-7-12-22(23(27)13-18)24-14-26(30,25-15-28-17-29(24)25)20-8-10-21(11-9-20)31-16-19-5-3-2-4-6-19/h2-13,15,17,24,30H,14,16H2,1H3/t24-,26+/m1/s1. The number of imidazole rings is 1. The maximum Gasteiger partial charge on any atom is 0.133 e. The van der Waals surface area contributed by atoms with E-state index < -0.39 is 5.60 Å². The fourth-order valence-electron chi connectivity index (χ4n) is 4.35. The summed E-state index contributed by atoms with van der Waals surface area (Å²) in [4.78, 5) is 4.22. The number of hydrogen-bond donors (Lipinski definition) is 1. The van der Waals surface area contributed by atoms with Crippen molar-refractivity contribution in [3.63, 3.8) is 0 Å². The molecule has 2 atom stereocenters. The minimum Gasteiger partial charge on any atom is -0.489 e. The van der Waals surface area contributed by atoms with E-state index in [2.05, 4.69) is 4.98 Å². The molecule has 0 bridgehead atoms. The molecule has 5 heteroatoms. The molecule has 3 aromatic carbocycles. The van der Waals surface area contributed by atoms with Crippen LogP contribution in [-0.2, 0) is 12.2 Å². The van der Waals surface area contributed by atoms with Crippen molar-refractivity contribution in [2.24, 2.45) is 0 Å². The summed E-state index contributed by atoms with van der Waals surface area (Å²) in [6.45, 7) is 2.34. The summed E-state index contributed by atoms with van der Waals surface area (Å²) in [5.74, 6) is 0.461. The van der Waals surface area contributed by atoms with Crippen molar-refractivity contribution in [2.45, 2.75) is 31.6 Å². The van der Waals surface area contributed by atoms with E-state index in [9.17, 15) is 9.50 Å². The maximum atomic E-state index is 14.7. The average molecular weight is 414 g/mol. The van der Waals surface area contributed by atoms with Gasteiger partial charge in [0.2, 0.25) is 0 Å². The number of hydrogen-bond acceptors (Lipinski definition) is 3. The Morgan fingerprint density at radius 2 is 1.87 bits per heavy atom. The van der Waals surface area contributed by atoms with Crippen molar-refractivity contribution in [3.8, 4) is 5.75 Å². The molecular weight excluding hydrogens is 391 g/mol. The molecule has 31 heavy (non-hydrogen) atoms. The van der Waals surface area contributed by atoms with Gasteiger partial charge in [-0.05, 0) is 41.8 Å². The molecule has 0 saturated heterocycles. The molecule has 1 aliphatic rings. The van der Waals surface area contributed by atoms with Gasteiger partial charge in [0.1, 0.15) is 23.8 Å². The molecule has 0 spiro atoms. The van der Waals surface area contributed by atoms with Crippen LogP contribution in [0.2, 0.25) is 0 Å². The van der Waals surface area contributed by atoms with Crippen molar-refractivity contribution < 1.29 is 14.2 Å². The van der Waals surface area contributed by atoms with Crippen molar-refractivity contribution in [1.82, 2.24) is 9.55 Å². The summed E-state index contributed by atoms with van der Waals surface area (Å²) in [6, 6.07) is 22.3. The Bertz CT molecular complexity index is 1200. The zero-order valence-electron chi connectivity index (χ0n) is 17.2. The monoisotopic (exact) mass is 414 g/mol. The van der Waals surface area contributed by atoms with Crippen LogP contribution in [0.1, 0.15) is 40.4 Å². The molecular formula is C26H23FN2O2. The first kappa shape index (κ1) is 19.5. The molecule has 0 aliphatic carbocycles. The quantitative estimate of drug-likeness (QED) is 0.492. The number of ether oxygens (including phenoxy) is 1. The van der Waals surface area contributed by atoms with Gasteiger partial charge in [-0.25, -0.2) is 9.37 Å². The van der Waals surface area contributed by atoms with Crippen molar-refractivity contribution >= 4 is 0 Å². The van der Waals surface area contributed by atoms with Gasteiger partial charge in [-0.1, -0.05) is 54.6 Å². The highest BCUT2D eigenvalue weighted by molar-refractivity contribution is 5.41. The third-order valence-electron chi connectivity index (χ3n) is 6.01. The first-order chi connectivity index (χ1) is 15.0. The van der Waals surface area contributed by atoms with Gasteiger partial charge in [-0.15, -0.1) is 0 Å². The fraction of sp³-hybridized carbons (Fsp3) is 0.192. The normalized spacial score (nSPS) is 19.9. The zero-order valence-corrected chi connectivity index (χ0v) is 17.2. The molecule has 0 radical (unpaired) electrons. The van der Waals surface area contributed by atoms with Crippen LogP contribution in [0.4, 0.5) is 4.39 Å². The molecule has 4 nitrogen and oxygen atoms in total. The fourth-order valence-corrected chi connectivity index (χ4v) is 4.35. The minimum absolute atomic E-state index is 0.265. The Kier molecular flexibility index (Phi) is 4.83. The SMILES string of the molecule is Cc1ccc([C@H]2C[C@](O)(c3ccc(OCc4ccccc4)cc3)c3cncn32)c(F)c1. The van der Waals surface area contributed by atoms with Crippen LogP contribution in [0.3, 0.4) is 0 Å². The number of aliphatic hydroxyl groups is 1. The summed E-state index contributed by atoms with van der Waals surface area (Å²) in [5.41, 5.74) is 2.66. The van der Waals surface area contributed by atoms with Crippen LogP contribution in [0, 0.1) is 12.7 Å². The Morgan fingerprint density at radius 3 is 2.61 bits per heavy atom. The average Bonchev–Trinajstić information content (AvgIpc) is 3.37. The molecule has 1 N–H and O–H groups in total. The lowest BCUT2D eigenvalue weighted by Crippen LogP contribution is -2.24. The van der Waals surface area contributed by atoms with Crippen LogP contribution in [0.5, 0.6) is 5.75 Å². The third kappa shape index (κ3) is 3.51. The van der Waals surface area contributed by atoms with Crippen molar-refractivity contribution in [1.29, 1.82) is 0 Å². The van der Waals surface area contributed by atoms with Gasteiger partial charge < -0.3 is 14.4 Å². The van der Waals surface area contributed by atoms with Crippen LogP contribution in [-0.4, -0.2) is 14.7 Å². The predicted molar refractivity (Wildman–Crippen MR) is 116 cm³/mol. The van der Waals surface area contributed by atoms with E-state index in [0.717, 1.165) is 22.4 Å². The van der Waals surface area contributed by atoms with Gasteiger partial charge in [-0.2, -0.15) is 0 Å². The van der Waals surface area contributed by atoms with Gasteiger partial charge >= 0.3 is 0 Å². The van der Waals surface area contributed by atoms with Crippen molar-refractivity contribution in [2.75, 3.05) is 0 Å². The molecule has 0 saturated carbocycles. The van der Waals surface area contributed by atoms with E-state index in [1.807, 2.05) is 72.2 Å². The number of aromatic nitrogens is 2. The van der Waals surface area contributed by atoms with Crippen LogP contribution < -0.4 is 4.74 Å². The number of halogens is 1. The third-order valence-corrected chi connectivity index (χ3v) is 6.01. The van der Waals surface area contributed by atoms with Gasteiger partial charge in [0.05, 0.1) is 24.3 Å². The van der Waals surface area contributed by atoms with Crippen molar-refractivity contribution in [3.05, 3.63) is 119 Å². The lowest BCUT2D eigenvalue weighted by molar-refractivity contribution is 0.0792. The zero-order chi connectivity index (χ0) is 21.4. The summed E-state index contributed by atoms with van der Waals surface area (Å²) in [7, 11) is 0. The molecule has 1 aromatic heterocycles. The van der Waals surface area contributed by atoms with E-state index in [1.54, 1.807) is 18.6 Å². The Hall–Kier alpha value is -3.44. The van der Waals surface area contributed by atoms with E-state index in [4.69, 9.17) is 4.74 Å². The highest BCUT2D eigenvalue weighted by Crippen LogP contribution is 2.47. The Balaban J connectivity index is 1.41. The van der Waals surface area contributed by atoms with Crippen LogP contribution in [0.25, 0.3) is 0 Å². The molecule has 156 valence electrons. The molecule has 2 heterocycles. The Labute approximate surface area is 180 Å². The van der Waals surface area contributed by atoms with E-state index in [0.29, 0.717) is 24.3 Å². The summed E-state index contributed by atoms with van der Waals surface area (Å²) in [6.07, 6.45) is 3.66. The van der Waals surface area contributed by atoms with Gasteiger partial charge in [0.15, 0.2) is 0 Å². The molecule has 0 amide bonds. The van der Waals surface area contributed by atoms with E-state index >= 15 is 0 Å². The second-order valence-electron chi connectivity index (χ2n) is 8.09. The number of benzene rings is 3. The first-order valence-corrected chi connectivity index (χ1v) is 10.3. The van der Waals surface area contributed by atoms with Crippen LogP contribution in [0.15, 0.2) is 85.3 Å². The highest BCUT2D eigenvalue weighted by Gasteiger charge is 2.45.